The number of aliphatic hydroxyl groups excluding tert-OH is 1. The summed E-state index contributed by atoms with van der Waals surface area (Å²) in [6, 6.07) is 1.96. The number of aliphatic hydroxyl groups is 1. The summed E-state index contributed by atoms with van der Waals surface area (Å²) >= 11 is 0. The van der Waals surface area contributed by atoms with Gasteiger partial charge in [0.2, 0.25) is 0 Å². The summed E-state index contributed by atoms with van der Waals surface area (Å²) in [7, 11) is 1.63. The standard InChI is InChI=1S/C10H13NO2/c1-13-8-5-7-3-2-4-9(12)10(7)11-6-8/h5-6,9,12H,2-4H2,1H3. The number of methoxy groups -OCH3 is 1. The van der Waals surface area contributed by atoms with Crippen LogP contribution in [0.25, 0.3) is 0 Å². The van der Waals surface area contributed by atoms with Crippen molar-refractivity contribution >= 4 is 0 Å². The summed E-state index contributed by atoms with van der Waals surface area (Å²) < 4.78 is 5.07. The van der Waals surface area contributed by atoms with Crippen LogP contribution in [0.1, 0.15) is 30.2 Å². The number of hydrogen-bond donors (Lipinski definition) is 1. The topological polar surface area (TPSA) is 42.4 Å². The Bertz CT molecular complexity index is 312. The van der Waals surface area contributed by atoms with Gasteiger partial charge < -0.3 is 9.84 Å². The van der Waals surface area contributed by atoms with Crippen molar-refractivity contribution in [1.29, 1.82) is 0 Å². The Morgan fingerprint density at radius 1 is 1.62 bits per heavy atom. The van der Waals surface area contributed by atoms with Crippen LogP contribution in [0.4, 0.5) is 0 Å². The fourth-order valence-electron chi connectivity index (χ4n) is 1.73. The van der Waals surface area contributed by atoms with E-state index in [1.165, 1.54) is 0 Å². The minimum absolute atomic E-state index is 0.380. The Morgan fingerprint density at radius 2 is 2.46 bits per heavy atom. The Morgan fingerprint density at radius 3 is 3.23 bits per heavy atom. The maximum absolute atomic E-state index is 9.62. The van der Waals surface area contributed by atoms with Crippen molar-refractivity contribution in [3.8, 4) is 5.75 Å². The molecule has 1 unspecified atom stereocenters. The van der Waals surface area contributed by atoms with E-state index >= 15 is 0 Å². The molecule has 3 heteroatoms. The van der Waals surface area contributed by atoms with E-state index < -0.39 is 0 Å². The van der Waals surface area contributed by atoms with Gasteiger partial charge in [-0.1, -0.05) is 0 Å². The van der Waals surface area contributed by atoms with Gasteiger partial charge in [0.05, 0.1) is 25.1 Å². The second kappa shape index (κ2) is 3.34. The summed E-state index contributed by atoms with van der Waals surface area (Å²) in [4.78, 5) is 4.20. The van der Waals surface area contributed by atoms with Crippen LogP contribution in [-0.4, -0.2) is 17.2 Å². The molecule has 0 saturated carbocycles. The first kappa shape index (κ1) is 8.51. The van der Waals surface area contributed by atoms with E-state index in [9.17, 15) is 5.11 Å². The number of ether oxygens (including phenoxy) is 1. The summed E-state index contributed by atoms with van der Waals surface area (Å²) in [5.41, 5.74) is 1.95. The molecule has 0 amide bonds. The molecule has 0 radical (unpaired) electrons. The van der Waals surface area contributed by atoms with Crippen LogP contribution in [0.2, 0.25) is 0 Å². The van der Waals surface area contributed by atoms with Crippen LogP contribution in [0, 0.1) is 0 Å². The van der Waals surface area contributed by atoms with E-state index in [1.807, 2.05) is 6.07 Å². The molecule has 1 heterocycles. The molecule has 1 aliphatic rings. The van der Waals surface area contributed by atoms with Gasteiger partial charge in [0.15, 0.2) is 0 Å². The van der Waals surface area contributed by atoms with Gasteiger partial charge in [-0.2, -0.15) is 0 Å². The number of rotatable bonds is 1. The molecule has 2 rings (SSSR count). The van der Waals surface area contributed by atoms with Crippen LogP contribution < -0.4 is 4.74 Å². The molecule has 1 aliphatic carbocycles. The van der Waals surface area contributed by atoms with Gasteiger partial charge in [-0.3, -0.25) is 4.98 Å². The largest absolute Gasteiger partial charge is 0.495 e. The highest BCUT2D eigenvalue weighted by molar-refractivity contribution is 5.32. The van der Waals surface area contributed by atoms with Gasteiger partial charge in [-0.25, -0.2) is 0 Å². The average Bonchev–Trinajstić information content (AvgIpc) is 2.18. The monoisotopic (exact) mass is 179 g/mol. The molecule has 0 aliphatic heterocycles. The van der Waals surface area contributed by atoms with Gasteiger partial charge in [0.25, 0.3) is 0 Å². The van der Waals surface area contributed by atoms with E-state index in [4.69, 9.17) is 4.74 Å². The van der Waals surface area contributed by atoms with Crippen LogP contribution in [-0.2, 0) is 6.42 Å². The molecule has 0 spiro atoms. The van der Waals surface area contributed by atoms with Crippen molar-refractivity contribution in [1.82, 2.24) is 4.98 Å². The molecule has 13 heavy (non-hydrogen) atoms. The van der Waals surface area contributed by atoms with E-state index in [1.54, 1.807) is 13.3 Å². The maximum Gasteiger partial charge on any atom is 0.137 e. The first-order valence-corrected chi connectivity index (χ1v) is 4.52. The molecule has 0 aromatic carbocycles. The molecule has 1 atom stereocenters. The fraction of sp³-hybridized carbons (Fsp3) is 0.500. The molecule has 0 fully saturated rings. The number of aromatic nitrogens is 1. The normalized spacial score (nSPS) is 20.9. The van der Waals surface area contributed by atoms with Crippen molar-refractivity contribution in [3.63, 3.8) is 0 Å². The summed E-state index contributed by atoms with van der Waals surface area (Å²) in [5.74, 6) is 0.771. The Balaban J connectivity index is 2.39. The molecule has 0 saturated heterocycles. The van der Waals surface area contributed by atoms with Gasteiger partial charge in [-0.15, -0.1) is 0 Å². The molecule has 3 nitrogen and oxygen atoms in total. The zero-order valence-electron chi connectivity index (χ0n) is 7.66. The quantitative estimate of drug-likeness (QED) is 0.709. The molecule has 1 aromatic heterocycles. The number of nitrogens with zero attached hydrogens (tertiary/aromatic N) is 1. The van der Waals surface area contributed by atoms with Gasteiger partial charge in [-0.05, 0) is 30.9 Å². The van der Waals surface area contributed by atoms with Crippen LogP contribution in [0.3, 0.4) is 0 Å². The van der Waals surface area contributed by atoms with Crippen LogP contribution in [0.15, 0.2) is 12.3 Å². The lowest BCUT2D eigenvalue weighted by Crippen LogP contribution is -2.11. The molecule has 0 bridgehead atoms. The molecular formula is C10H13NO2. The lowest BCUT2D eigenvalue weighted by atomic mass is 9.94. The molecule has 70 valence electrons. The molecular weight excluding hydrogens is 166 g/mol. The summed E-state index contributed by atoms with van der Waals surface area (Å²) in [5, 5.41) is 9.62. The smallest absolute Gasteiger partial charge is 0.137 e. The zero-order valence-corrected chi connectivity index (χ0v) is 7.66. The van der Waals surface area contributed by atoms with Crippen molar-refractivity contribution in [3.05, 3.63) is 23.5 Å². The highest BCUT2D eigenvalue weighted by Gasteiger charge is 2.19. The third-order valence-electron chi connectivity index (χ3n) is 2.45. The van der Waals surface area contributed by atoms with E-state index in [2.05, 4.69) is 4.98 Å². The van der Waals surface area contributed by atoms with Crippen molar-refractivity contribution in [2.75, 3.05) is 7.11 Å². The highest BCUT2D eigenvalue weighted by Crippen LogP contribution is 2.29. The second-order valence-corrected chi connectivity index (χ2v) is 3.33. The van der Waals surface area contributed by atoms with Crippen LogP contribution in [0.5, 0.6) is 5.75 Å². The Labute approximate surface area is 77.4 Å². The van der Waals surface area contributed by atoms with E-state index in [0.717, 1.165) is 36.3 Å². The number of fused-ring (bicyclic) bond motifs is 1. The van der Waals surface area contributed by atoms with Gasteiger partial charge in [0, 0.05) is 0 Å². The SMILES string of the molecule is COc1cnc2c(c1)CCCC2O. The average molecular weight is 179 g/mol. The number of pyridine rings is 1. The molecule has 1 aromatic rings. The van der Waals surface area contributed by atoms with E-state index in [-0.39, 0.29) is 6.10 Å². The fourth-order valence-corrected chi connectivity index (χ4v) is 1.73. The predicted octanol–water partition coefficient (Wildman–Crippen LogP) is 1.46. The third kappa shape index (κ3) is 1.52. The first-order chi connectivity index (χ1) is 6.31. The lowest BCUT2D eigenvalue weighted by Gasteiger charge is -2.20. The number of aryl methyl sites for hydroxylation is 1. The van der Waals surface area contributed by atoms with Crippen molar-refractivity contribution in [2.24, 2.45) is 0 Å². The third-order valence-corrected chi connectivity index (χ3v) is 2.45. The first-order valence-electron chi connectivity index (χ1n) is 4.52. The zero-order chi connectivity index (χ0) is 9.26. The summed E-state index contributed by atoms with van der Waals surface area (Å²) in [6.45, 7) is 0. The van der Waals surface area contributed by atoms with E-state index in [0.29, 0.717) is 0 Å². The number of hydrogen-bond acceptors (Lipinski definition) is 3. The lowest BCUT2D eigenvalue weighted by molar-refractivity contribution is 0.151. The second-order valence-electron chi connectivity index (χ2n) is 3.33. The van der Waals surface area contributed by atoms with Crippen molar-refractivity contribution in [2.45, 2.75) is 25.4 Å². The minimum atomic E-state index is -0.380. The Kier molecular flexibility index (Phi) is 2.19. The van der Waals surface area contributed by atoms with Gasteiger partial charge in [0.1, 0.15) is 5.75 Å². The highest BCUT2D eigenvalue weighted by atomic mass is 16.5. The van der Waals surface area contributed by atoms with Crippen LogP contribution >= 0.6 is 0 Å². The summed E-state index contributed by atoms with van der Waals surface area (Å²) in [6.07, 6.45) is 4.13. The van der Waals surface area contributed by atoms with Crippen molar-refractivity contribution < 1.29 is 9.84 Å². The maximum atomic E-state index is 9.62. The predicted molar refractivity (Wildman–Crippen MR) is 48.7 cm³/mol. The minimum Gasteiger partial charge on any atom is -0.495 e. The molecule has 1 N–H and O–H groups in total. The van der Waals surface area contributed by atoms with Gasteiger partial charge >= 0.3 is 0 Å². The Hall–Kier alpha value is -1.09.